The summed E-state index contributed by atoms with van der Waals surface area (Å²) in [7, 11) is 0. The molecule has 2 heteroatoms. The average molecular weight is 213 g/mol. The summed E-state index contributed by atoms with van der Waals surface area (Å²) < 4.78 is 0. The highest BCUT2D eigenvalue weighted by molar-refractivity contribution is 4.92. The molecule has 90 valence electrons. The normalized spacial score (nSPS) is 33.0. The summed E-state index contributed by atoms with van der Waals surface area (Å²) in [5.41, 5.74) is 6.64. The number of aliphatic hydroxyl groups is 1. The fourth-order valence-electron chi connectivity index (χ4n) is 2.74. The van der Waals surface area contributed by atoms with Crippen molar-refractivity contribution in [1.29, 1.82) is 0 Å². The third-order valence-electron chi connectivity index (χ3n) is 4.61. The second-order valence-corrected chi connectivity index (χ2v) is 5.95. The molecule has 0 aromatic heterocycles. The van der Waals surface area contributed by atoms with Crippen molar-refractivity contribution in [1.82, 2.24) is 0 Å². The van der Waals surface area contributed by atoms with E-state index in [1.807, 2.05) is 0 Å². The predicted octanol–water partition coefficient (Wildman–Crippen LogP) is 2.69. The van der Waals surface area contributed by atoms with Crippen molar-refractivity contribution in [3.05, 3.63) is 0 Å². The number of aliphatic hydroxyl groups excluding tert-OH is 1. The highest BCUT2D eigenvalue weighted by atomic mass is 16.3. The molecule has 0 amide bonds. The van der Waals surface area contributed by atoms with Gasteiger partial charge in [0.25, 0.3) is 0 Å². The van der Waals surface area contributed by atoms with Gasteiger partial charge >= 0.3 is 0 Å². The lowest BCUT2D eigenvalue weighted by Gasteiger charge is -2.43. The van der Waals surface area contributed by atoms with Crippen LogP contribution < -0.4 is 5.73 Å². The van der Waals surface area contributed by atoms with Crippen LogP contribution in [0.15, 0.2) is 0 Å². The Morgan fingerprint density at radius 3 is 2.27 bits per heavy atom. The Labute approximate surface area is 94.2 Å². The summed E-state index contributed by atoms with van der Waals surface area (Å²) in [5, 5.41) is 8.98. The maximum Gasteiger partial charge on any atom is 0.0448 e. The minimum Gasteiger partial charge on any atom is -0.396 e. The lowest BCUT2D eigenvalue weighted by atomic mass is 9.65. The lowest BCUT2D eigenvalue weighted by Crippen LogP contribution is -2.45. The average Bonchev–Trinajstić information content (AvgIpc) is 2.18. The van der Waals surface area contributed by atoms with E-state index in [4.69, 9.17) is 10.8 Å². The molecule has 0 atom stereocenters. The summed E-state index contributed by atoms with van der Waals surface area (Å²) in [6, 6.07) is 0. The largest absolute Gasteiger partial charge is 0.396 e. The van der Waals surface area contributed by atoms with Crippen LogP contribution in [0.5, 0.6) is 0 Å². The minimum atomic E-state index is -0.0743. The molecule has 0 unspecified atom stereocenters. The molecule has 2 nitrogen and oxygen atoms in total. The van der Waals surface area contributed by atoms with Crippen LogP contribution in [-0.4, -0.2) is 17.3 Å². The van der Waals surface area contributed by atoms with E-state index in [1.165, 1.54) is 19.3 Å². The zero-order valence-electron chi connectivity index (χ0n) is 10.6. The van der Waals surface area contributed by atoms with Crippen molar-refractivity contribution in [3.63, 3.8) is 0 Å². The van der Waals surface area contributed by atoms with Gasteiger partial charge in [0.2, 0.25) is 0 Å². The van der Waals surface area contributed by atoms with Gasteiger partial charge in [-0.05, 0) is 43.4 Å². The number of rotatable bonds is 4. The van der Waals surface area contributed by atoms with Gasteiger partial charge < -0.3 is 10.8 Å². The Balaban J connectivity index is 2.48. The molecule has 0 saturated heterocycles. The van der Waals surface area contributed by atoms with E-state index in [-0.39, 0.29) is 12.1 Å². The van der Waals surface area contributed by atoms with Crippen LogP contribution in [0.1, 0.15) is 59.3 Å². The molecule has 1 rings (SSSR count). The molecule has 1 aliphatic rings. The maximum absolute atomic E-state index is 8.98. The van der Waals surface area contributed by atoms with Gasteiger partial charge in [-0.1, -0.05) is 27.2 Å². The summed E-state index contributed by atoms with van der Waals surface area (Å²) in [6.45, 7) is 7.25. The van der Waals surface area contributed by atoms with Crippen LogP contribution in [0.3, 0.4) is 0 Å². The molecular weight excluding hydrogens is 186 g/mol. The van der Waals surface area contributed by atoms with Crippen LogP contribution in [0.2, 0.25) is 0 Å². The van der Waals surface area contributed by atoms with Crippen molar-refractivity contribution in [2.45, 2.75) is 64.8 Å². The zero-order chi connectivity index (χ0) is 11.5. The van der Waals surface area contributed by atoms with Gasteiger partial charge in [-0.15, -0.1) is 0 Å². The first kappa shape index (κ1) is 13.0. The second kappa shape index (κ2) is 4.84. The Hall–Kier alpha value is -0.0800. The van der Waals surface area contributed by atoms with Crippen molar-refractivity contribution in [3.8, 4) is 0 Å². The summed E-state index contributed by atoms with van der Waals surface area (Å²) in [6.07, 6.45) is 6.65. The van der Waals surface area contributed by atoms with Crippen LogP contribution in [0.4, 0.5) is 0 Å². The van der Waals surface area contributed by atoms with E-state index in [2.05, 4.69) is 20.8 Å². The van der Waals surface area contributed by atoms with Crippen LogP contribution in [0, 0.1) is 11.3 Å². The van der Waals surface area contributed by atoms with Gasteiger partial charge in [0.05, 0.1) is 0 Å². The number of hydrogen-bond donors (Lipinski definition) is 2. The third kappa shape index (κ3) is 3.18. The SMILES string of the molecule is CCC(C)(C)C1CCC(N)(CCO)CC1. The van der Waals surface area contributed by atoms with Gasteiger partial charge in [-0.3, -0.25) is 0 Å². The van der Waals surface area contributed by atoms with E-state index < -0.39 is 0 Å². The molecule has 3 N–H and O–H groups in total. The zero-order valence-corrected chi connectivity index (χ0v) is 10.6. The van der Waals surface area contributed by atoms with E-state index in [0.29, 0.717) is 5.41 Å². The molecule has 0 spiro atoms. The molecule has 0 bridgehead atoms. The fourth-order valence-corrected chi connectivity index (χ4v) is 2.74. The first-order valence-electron chi connectivity index (χ1n) is 6.33. The van der Waals surface area contributed by atoms with E-state index in [9.17, 15) is 0 Å². The van der Waals surface area contributed by atoms with Gasteiger partial charge in [0, 0.05) is 12.1 Å². The molecule has 0 aromatic carbocycles. The van der Waals surface area contributed by atoms with E-state index in [1.54, 1.807) is 0 Å². The van der Waals surface area contributed by atoms with Crippen molar-refractivity contribution >= 4 is 0 Å². The summed E-state index contributed by atoms with van der Waals surface area (Å²) in [5.74, 6) is 0.817. The Morgan fingerprint density at radius 2 is 1.87 bits per heavy atom. The Bertz CT molecular complexity index is 193. The standard InChI is InChI=1S/C13H27NO/c1-4-12(2,3)11-5-7-13(14,8-6-11)9-10-15/h11,15H,4-10,14H2,1-3H3. The quantitative estimate of drug-likeness (QED) is 0.754. The first-order chi connectivity index (χ1) is 6.93. The van der Waals surface area contributed by atoms with E-state index in [0.717, 1.165) is 25.2 Å². The summed E-state index contributed by atoms with van der Waals surface area (Å²) >= 11 is 0. The number of nitrogens with two attached hydrogens (primary N) is 1. The molecule has 1 fully saturated rings. The fraction of sp³-hybridized carbons (Fsp3) is 1.00. The van der Waals surface area contributed by atoms with Gasteiger partial charge in [0.1, 0.15) is 0 Å². The van der Waals surface area contributed by atoms with E-state index >= 15 is 0 Å². The second-order valence-electron chi connectivity index (χ2n) is 5.95. The molecule has 1 saturated carbocycles. The highest BCUT2D eigenvalue weighted by Gasteiger charge is 2.36. The Morgan fingerprint density at radius 1 is 1.33 bits per heavy atom. The van der Waals surface area contributed by atoms with Crippen LogP contribution in [0.25, 0.3) is 0 Å². The van der Waals surface area contributed by atoms with Crippen LogP contribution in [-0.2, 0) is 0 Å². The third-order valence-corrected chi connectivity index (χ3v) is 4.61. The molecule has 0 heterocycles. The molecule has 0 radical (unpaired) electrons. The molecule has 15 heavy (non-hydrogen) atoms. The Kier molecular flexibility index (Phi) is 4.19. The van der Waals surface area contributed by atoms with Crippen molar-refractivity contribution < 1.29 is 5.11 Å². The predicted molar refractivity (Wildman–Crippen MR) is 64.7 cm³/mol. The summed E-state index contributed by atoms with van der Waals surface area (Å²) in [4.78, 5) is 0. The highest BCUT2D eigenvalue weighted by Crippen LogP contribution is 2.43. The van der Waals surface area contributed by atoms with Crippen molar-refractivity contribution in [2.24, 2.45) is 17.1 Å². The van der Waals surface area contributed by atoms with Gasteiger partial charge in [0.15, 0.2) is 0 Å². The topological polar surface area (TPSA) is 46.2 Å². The molecule has 1 aliphatic carbocycles. The van der Waals surface area contributed by atoms with Crippen molar-refractivity contribution in [2.75, 3.05) is 6.61 Å². The van der Waals surface area contributed by atoms with Gasteiger partial charge in [-0.25, -0.2) is 0 Å². The molecule has 0 aromatic rings. The lowest BCUT2D eigenvalue weighted by molar-refractivity contribution is 0.102. The number of hydrogen-bond acceptors (Lipinski definition) is 2. The minimum absolute atomic E-state index is 0.0743. The smallest absolute Gasteiger partial charge is 0.0448 e. The monoisotopic (exact) mass is 213 g/mol. The molecular formula is C13H27NO. The van der Waals surface area contributed by atoms with Gasteiger partial charge in [-0.2, -0.15) is 0 Å². The molecule has 0 aliphatic heterocycles. The van der Waals surface area contributed by atoms with Crippen LogP contribution >= 0.6 is 0 Å². The first-order valence-corrected chi connectivity index (χ1v) is 6.33. The maximum atomic E-state index is 8.98.